The second-order valence-electron chi connectivity index (χ2n) is 7.34. The lowest BCUT2D eigenvalue weighted by molar-refractivity contribution is -0.142. The van der Waals surface area contributed by atoms with E-state index in [1.54, 1.807) is 37.6 Å². The van der Waals surface area contributed by atoms with Gasteiger partial charge >= 0.3 is 0 Å². The molecule has 0 bridgehead atoms. The van der Waals surface area contributed by atoms with E-state index in [1.165, 1.54) is 22.5 Å². The quantitative estimate of drug-likeness (QED) is 0.372. The van der Waals surface area contributed by atoms with Gasteiger partial charge < -0.3 is 23.8 Å². The summed E-state index contributed by atoms with van der Waals surface area (Å²) in [5.41, 5.74) is 0.907. The lowest BCUT2D eigenvalue weighted by atomic mass is 10.1. The van der Waals surface area contributed by atoms with Crippen LogP contribution in [0.3, 0.4) is 0 Å². The number of methoxy groups -OCH3 is 1. The average molecular weight is 465 g/mol. The first kappa shape index (κ1) is 22.4. The van der Waals surface area contributed by atoms with Crippen LogP contribution in [-0.4, -0.2) is 23.8 Å². The van der Waals surface area contributed by atoms with Crippen LogP contribution in [0, 0.1) is 0 Å². The number of furan rings is 2. The Labute approximate surface area is 195 Å². The smallest absolute Gasteiger partial charge is 0.251 e. The van der Waals surface area contributed by atoms with E-state index in [9.17, 15) is 9.59 Å². The first-order valence-electron chi connectivity index (χ1n) is 10.4. The van der Waals surface area contributed by atoms with Gasteiger partial charge in [0, 0.05) is 11.4 Å². The molecule has 4 aromatic rings. The number of ether oxygens (including phenoxy) is 1. The maximum absolute atomic E-state index is 13.4. The summed E-state index contributed by atoms with van der Waals surface area (Å²) in [6, 6.07) is 17.2. The van der Waals surface area contributed by atoms with E-state index in [0.717, 1.165) is 16.2 Å². The van der Waals surface area contributed by atoms with Gasteiger partial charge in [-0.3, -0.25) is 9.59 Å². The highest BCUT2D eigenvalue weighted by atomic mass is 32.1. The summed E-state index contributed by atoms with van der Waals surface area (Å²) in [5, 5.41) is 4.86. The zero-order valence-electron chi connectivity index (χ0n) is 18.1. The zero-order valence-corrected chi connectivity index (χ0v) is 18.9. The molecule has 4 rings (SSSR count). The molecule has 170 valence electrons. The number of thiophene rings is 1. The van der Waals surface area contributed by atoms with Crippen molar-refractivity contribution in [3.05, 3.63) is 101 Å². The largest absolute Gasteiger partial charge is 0.497 e. The molecule has 0 radical (unpaired) electrons. The second kappa shape index (κ2) is 10.7. The molecule has 1 N–H and O–H groups in total. The van der Waals surface area contributed by atoms with Crippen molar-refractivity contribution in [1.82, 2.24) is 10.2 Å². The van der Waals surface area contributed by atoms with Gasteiger partial charge in [0.25, 0.3) is 5.91 Å². The SMILES string of the molecule is COc1ccc(CNC(=O)C(c2ccco2)N(Cc2ccco2)C(=O)Cc2cccs2)cc1. The van der Waals surface area contributed by atoms with E-state index in [1.807, 2.05) is 41.8 Å². The van der Waals surface area contributed by atoms with Crippen molar-refractivity contribution in [2.75, 3.05) is 7.11 Å². The minimum Gasteiger partial charge on any atom is -0.497 e. The molecule has 7 nitrogen and oxygen atoms in total. The third kappa shape index (κ3) is 5.72. The van der Waals surface area contributed by atoms with Gasteiger partial charge in [-0.2, -0.15) is 0 Å². The molecule has 3 aromatic heterocycles. The summed E-state index contributed by atoms with van der Waals surface area (Å²) >= 11 is 1.50. The lowest BCUT2D eigenvalue weighted by Gasteiger charge is -2.29. The fourth-order valence-electron chi connectivity index (χ4n) is 3.46. The van der Waals surface area contributed by atoms with E-state index >= 15 is 0 Å². The average Bonchev–Trinajstić information content (AvgIpc) is 3.62. The number of carbonyl (C=O) groups is 2. The van der Waals surface area contributed by atoms with Crippen LogP contribution in [-0.2, 0) is 29.1 Å². The number of hydrogen-bond acceptors (Lipinski definition) is 6. The molecule has 0 spiro atoms. The highest BCUT2D eigenvalue weighted by molar-refractivity contribution is 7.10. The number of benzene rings is 1. The predicted octanol–water partition coefficient (Wildman–Crippen LogP) is 4.57. The first-order valence-corrected chi connectivity index (χ1v) is 11.3. The van der Waals surface area contributed by atoms with Crippen molar-refractivity contribution >= 4 is 23.2 Å². The number of nitrogens with one attached hydrogen (secondary N) is 1. The molecule has 0 saturated carbocycles. The molecule has 1 atom stereocenters. The molecule has 1 aromatic carbocycles. The van der Waals surface area contributed by atoms with Crippen molar-refractivity contribution in [3.63, 3.8) is 0 Å². The summed E-state index contributed by atoms with van der Waals surface area (Å²) in [6.07, 6.45) is 3.22. The Hall–Kier alpha value is -3.78. The fraction of sp³-hybridized carbons (Fsp3) is 0.200. The van der Waals surface area contributed by atoms with Crippen LogP contribution in [0.4, 0.5) is 0 Å². The van der Waals surface area contributed by atoms with Gasteiger partial charge in [0.1, 0.15) is 17.3 Å². The Morgan fingerprint density at radius 1 is 1.03 bits per heavy atom. The lowest BCUT2D eigenvalue weighted by Crippen LogP contribution is -2.43. The van der Waals surface area contributed by atoms with Crippen LogP contribution in [0.25, 0.3) is 0 Å². The Balaban J connectivity index is 1.58. The number of nitrogens with zero attached hydrogens (tertiary/aromatic N) is 1. The van der Waals surface area contributed by atoms with Gasteiger partial charge in [-0.1, -0.05) is 18.2 Å². The molecular weight excluding hydrogens is 440 g/mol. The minimum atomic E-state index is -0.948. The van der Waals surface area contributed by atoms with Gasteiger partial charge in [0.15, 0.2) is 6.04 Å². The maximum atomic E-state index is 13.4. The summed E-state index contributed by atoms with van der Waals surface area (Å²) in [7, 11) is 1.60. The Morgan fingerprint density at radius 2 is 1.82 bits per heavy atom. The molecule has 8 heteroatoms. The second-order valence-corrected chi connectivity index (χ2v) is 8.37. The highest BCUT2D eigenvalue weighted by Gasteiger charge is 2.34. The molecule has 1 unspecified atom stereocenters. The number of rotatable bonds is 10. The van der Waals surface area contributed by atoms with Crippen molar-refractivity contribution < 1.29 is 23.2 Å². The van der Waals surface area contributed by atoms with Crippen LogP contribution < -0.4 is 10.1 Å². The Morgan fingerprint density at radius 3 is 2.45 bits per heavy atom. The monoisotopic (exact) mass is 464 g/mol. The van der Waals surface area contributed by atoms with Crippen LogP contribution >= 0.6 is 11.3 Å². The zero-order chi connectivity index (χ0) is 23.0. The van der Waals surface area contributed by atoms with Crippen molar-refractivity contribution in [2.45, 2.75) is 25.6 Å². The summed E-state index contributed by atoms with van der Waals surface area (Å²) < 4.78 is 16.2. The summed E-state index contributed by atoms with van der Waals surface area (Å²) in [4.78, 5) is 29.2. The molecule has 0 aliphatic carbocycles. The molecular formula is C25H24N2O5S. The summed E-state index contributed by atoms with van der Waals surface area (Å²) in [5.74, 6) is 1.16. The van der Waals surface area contributed by atoms with E-state index < -0.39 is 6.04 Å². The number of carbonyl (C=O) groups excluding carboxylic acids is 2. The molecule has 0 aliphatic rings. The van der Waals surface area contributed by atoms with E-state index in [0.29, 0.717) is 18.1 Å². The van der Waals surface area contributed by atoms with Gasteiger partial charge in [-0.05, 0) is 53.4 Å². The van der Waals surface area contributed by atoms with E-state index in [2.05, 4.69) is 5.32 Å². The molecule has 2 amide bonds. The normalized spacial score (nSPS) is 11.7. The molecule has 0 aliphatic heterocycles. The van der Waals surface area contributed by atoms with Crippen LogP contribution in [0.2, 0.25) is 0 Å². The number of hydrogen-bond donors (Lipinski definition) is 1. The molecule has 33 heavy (non-hydrogen) atoms. The minimum absolute atomic E-state index is 0.137. The van der Waals surface area contributed by atoms with Crippen LogP contribution in [0.5, 0.6) is 5.75 Å². The molecule has 0 saturated heterocycles. The van der Waals surface area contributed by atoms with Crippen molar-refractivity contribution in [2.24, 2.45) is 0 Å². The maximum Gasteiger partial charge on any atom is 0.251 e. The number of amides is 2. The Bertz CT molecular complexity index is 1140. The van der Waals surface area contributed by atoms with Crippen LogP contribution in [0.1, 0.15) is 28.0 Å². The van der Waals surface area contributed by atoms with E-state index in [-0.39, 0.29) is 24.8 Å². The standard InChI is InChI=1S/C25H24N2O5S/c1-30-19-10-8-18(9-11-19)16-26-25(29)24(22-7-3-13-32-22)27(17-20-5-2-12-31-20)23(28)15-21-6-4-14-33-21/h2-14,24H,15-17H2,1H3,(H,26,29). The van der Waals surface area contributed by atoms with Gasteiger partial charge in [-0.15, -0.1) is 11.3 Å². The highest BCUT2D eigenvalue weighted by Crippen LogP contribution is 2.26. The first-order chi connectivity index (χ1) is 16.1. The molecule has 3 heterocycles. The van der Waals surface area contributed by atoms with Gasteiger partial charge in [0.05, 0.1) is 32.6 Å². The van der Waals surface area contributed by atoms with E-state index in [4.69, 9.17) is 13.6 Å². The predicted molar refractivity (Wildman–Crippen MR) is 124 cm³/mol. The Kier molecular flexibility index (Phi) is 7.26. The summed E-state index contributed by atoms with van der Waals surface area (Å²) in [6.45, 7) is 0.437. The third-order valence-electron chi connectivity index (χ3n) is 5.13. The topological polar surface area (TPSA) is 84.9 Å². The fourth-order valence-corrected chi connectivity index (χ4v) is 4.15. The van der Waals surface area contributed by atoms with Gasteiger partial charge in [-0.25, -0.2) is 0 Å². The third-order valence-corrected chi connectivity index (χ3v) is 6.01. The molecule has 0 fully saturated rings. The van der Waals surface area contributed by atoms with Crippen LogP contribution in [0.15, 0.2) is 87.4 Å². The van der Waals surface area contributed by atoms with Gasteiger partial charge in [0.2, 0.25) is 5.91 Å². The van der Waals surface area contributed by atoms with Crippen molar-refractivity contribution in [3.8, 4) is 5.75 Å². The van der Waals surface area contributed by atoms with Crippen molar-refractivity contribution in [1.29, 1.82) is 0 Å².